The van der Waals surface area contributed by atoms with E-state index in [1.807, 2.05) is 31.2 Å². The molecule has 0 N–H and O–H groups in total. The lowest BCUT2D eigenvalue weighted by molar-refractivity contribution is 1.25. The molecule has 0 saturated heterocycles. The molecule has 0 atom stereocenters. The Morgan fingerprint density at radius 3 is 2.69 bits per heavy atom. The largest absolute Gasteiger partial charge is 0.253 e. The first-order valence-electron chi connectivity index (χ1n) is 4.20. The molecule has 0 aliphatic rings. The molecule has 0 amide bonds. The number of aromatic nitrogens is 1. The fourth-order valence-electron chi connectivity index (χ4n) is 1.42. The van der Waals surface area contributed by atoms with Gasteiger partial charge in [-0.05, 0) is 31.5 Å². The molecule has 66 valence electrons. The Balaban J connectivity index is 2.86. The van der Waals surface area contributed by atoms with Gasteiger partial charge in [-0.1, -0.05) is 23.7 Å². The van der Waals surface area contributed by atoms with E-state index in [9.17, 15) is 0 Å². The van der Waals surface area contributed by atoms with E-state index in [4.69, 9.17) is 11.6 Å². The molecule has 0 fully saturated rings. The standard InChI is InChI=1S/C11H10ClN/c1-7-3-4-9-10(12)6-8(2)13-11(9)5-7/h3-6H,1-2H3. The normalized spacial score (nSPS) is 10.7. The second-order valence-electron chi connectivity index (χ2n) is 3.27. The van der Waals surface area contributed by atoms with Gasteiger partial charge < -0.3 is 0 Å². The molecule has 0 bridgehead atoms. The van der Waals surface area contributed by atoms with E-state index in [0.29, 0.717) is 0 Å². The lowest BCUT2D eigenvalue weighted by Gasteiger charge is -2.02. The Morgan fingerprint density at radius 2 is 1.92 bits per heavy atom. The topological polar surface area (TPSA) is 12.9 Å². The molecule has 0 aliphatic carbocycles. The van der Waals surface area contributed by atoms with Crippen molar-refractivity contribution < 1.29 is 0 Å². The van der Waals surface area contributed by atoms with Crippen LogP contribution in [0.1, 0.15) is 11.3 Å². The summed E-state index contributed by atoms with van der Waals surface area (Å²) in [4.78, 5) is 4.41. The van der Waals surface area contributed by atoms with E-state index in [0.717, 1.165) is 21.6 Å². The maximum Gasteiger partial charge on any atom is 0.0722 e. The van der Waals surface area contributed by atoms with Gasteiger partial charge in [0, 0.05) is 11.1 Å². The van der Waals surface area contributed by atoms with Crippen molar-refractivity contribution in [1.82, 2.24) is 4.98 Å². The van der Waals surface area contributed by atoms with Crippen LogP contribution in [0.3, 0.4) is 0 Å². The average molecular weight is 192 g/mol. The summed E-state index contributed by atoms with van der Waals surface area (Å²) in [6, 6.07) is 8.00. The highest BCUT2D eigenvalue weighted by Gasteiger charge is 2.00. The molecule has 2 aromatic rings. The number of aryl methyl sites for hydroxylation is 2. The van der Waals surface area contributed by atoms with Gasteiger partial charge in [0.1, 0.15) is 0 Å². The second kappa shape index (κ2) is 3.00. The molecule has 1 aromatic heterocycles. The van der Waals surface area contributed by atoms with Crippen molar-refractivity contribution in [1.29, 1.82) is 0 Å². The van der Waals surface area contributed by atoms with E-state index in [2.05, 4.69) is 11.9 Å². The third-order valence-corrected chi connectivity index (χ3v) is 2.36. The van der Waals surface area contributed by atoms with Gasteiger partial charge in [-0.25, -0.2) is 0 Å². The number of benzene rings is 1. The number of fused-ring (bicyclic) bond motifs is 1. The quantitative estimate of drug-likeness (QED) is 0.621. The first-order valence-corrected chi connectivity index (χ1v) is 4.58. The van der Waals surface area contributed by atoms with Gasteiger partial charge in [0.05, 0.1) is 10.5 Å². The van der Waals surface area contributed by atoms with E-state index in [1.54, 1.807) is 0 Å². The summed E-state index contributed by atoms with van der Waals surface area (Å²) in [6.07, 6.45) is 0. The number of pyridine rings is 1. The van der Waals surface area contributed by atoms with Crippen LogP contribution in [0.15, 0.2) is 24.3 Å². The Bertz CT molecular complexity index is 458. The van der Waals surface area contributed by atoms with Gasteiger partial charge in [-0.3, -0.25) is 4.98 Å². The molecular formula is C11H10ClN. The van der Waals surface area contributed by atoms with Crippen LogP contribution < -0.4 is 0 Å². The Hall–Kier alpha value is -1.08. The molecule has 13 heavy (non-hydrogen) atoms. The van der Waals surface area contributed by atoms with E-state index in [-0.39, 0.29) is 0 Å². The third-order valence-electron chi connectivity index (χ3n) is 2.04. The maximum absolute atomic E-state index is 6.07. The lowest BCUT2D eigenvalue weighted by atomic mass is 10.1. The summed E-state index contributed by atoms with van der Waals surface area (Å²) in [5, 5.41) is 1.81. The molecule has 1 nitrogen and oxygen atoms in total. The van der Waals surface area contributed by atoms with Gasteiger partial charge in [-0.2, -0.15) is 0 Å². The number of hydrogen-bond acceptors (Lipinski definition) is 1. The molecule has 0 spiro atoms. The average Bonchev–Trinajstić information content (AvgIpc) is 2.02. The van der Waals surface area contributed by atoms with Crippen LogP contribution in [0.2, 0.25) is 5.02 Å². The van der Waals surface area contributed by atoms with Gasteiger partial charge >= 0.3 is 0 Å². The molecule has 0 aliphatic heterocycles. The molecule has 2 heteroatoms. The van der Waals surface area contributed by atoms with Crippen LogP contribution in [0.25, 0.3) is 10.9 Å². The first kappa shape index (κ1) is 8.52. The fraction of sp³-hybridized carbons (Fsp3) is 0.182. The van der Waals surface area contributed by atoms with E-state index >= 15 is 0 Å². The predicted octanol–water partition coefficient (Wildman–Crippen LogP) is 3.51. The molecule has 0 unspecified atom stereocenters. The van der Waals surface area contributed by atoms with Crippen molar-refractivity contribution in [2.45, 2.75) is 13.8 Å². The van der Waals surface area contributed by atoms with Crippen LogP contribution in [-0.4, -0.2) is 4.98 Å². The van der Waals surface area contributed by atoms with Crippen LogP contribution in [0.5, 0.6) is 0 Å². The zero-order chi connectivity index (χ0) is 9.42. The molecule has 2 rings (SSSR count). The second-order valence-corrected chi connectivity index (χ2v) is 3.67. The number of nitrogens with zero attached hydrogens (tertiary/aromatic N) is 1. The minimum Gasteiger partial charge on any atom is -0.253 e. The van der Waals surface area contributed by atoms with Gasteiger partial charge in [-0.15, -0.1) is 0 Å². The Labute approximate surface area is 82.4 Å². The van der Waals surface area contributed by atoms with Gasteiger partial charge in [0.2, 0.25) is 0 Å². The van der Waals surface area contributed by atoms with Crippen molar-refractivity contribution in [2.24, 2.45) is 0 Å². The summed E-state index contributed by atoms with van der Waals surface area (Å²) < 4.78 is 0. The first-order chi connectivity index (χ1) is 6.16. The molecule has 1 aromatic carbocycles. The Kier molecular flexibility index (Phi) is 1.97. The molecule has 0 radical (unpaired) electrons. The van der Waals surface area contributed by atoms with Crippen molar-refractivity contribution >= 4 is 22.5 Å². The maximum atomic E-state index is 6.07. The third kappa shape index (κ3) is 1.52. The minimum absolute atomic E-state index is 0.780. The minimum atomic E-state index is 0.780. The van der Waals surface area contributed by atoms with E-state index in [1.165, 1.54) is 5.56 Å². The zero-order valence-electron chi connectivity index (χ0n) is 7.63. The summed E-state index contributed by atoms with van der Waals surface area (Å²) in [7, 11) is 0. The van der Waals surface area contributed by atoms with Crippen LogP contribution >= 0.6 is 11.6 Å². The van der Waals surface area contributed by atoms with Crippen molar-refractivity contribution in [3.8, 4) is 0 Å². The highest BCUT2D eigenvalue weighted by Crippen LogP contribution is 2.23. The highest BCUT2D eigenvalue weighted by atomic mass is 35.5. The molecular weight excluding hydrogens is 182 g/mol. The lowest BCUT2D eigenvalue weighted by Crippen LogP contribution is -1.85. The van der Waals surface area contributed by atoms with Crippen LogP contribution in [0.4, 0.5) is 0 Å². The Morgan fingerprint density at radius 1 is 1.15 bits per heavy atom. The predicted molar refractivity (Wildman–Crippen MR) is 56.2 cm³/mol. The summed E-state index contributed by atoms with van der Waals surface area (Å²) >= 11 is 6.07. The SMILES string of the molecule is Cc1ccc2c(Cl)cc(C)nc2c1. The van der Waals surface area contributed by atoms with Crippen molar-refractivity contribution in [3.05, 3.63) is 40.5 Å². The smallest absolute Gasteiger partial charge is 0.0722 e. The highest BCUT2D eigenvalue weighted by molar-refractivity contribution is 6.35. The van der Waals surface area contributed by atoms with Gasteiger partial charge in [0.25, 0.3) is 0 Å². The monoisotopic (exact) mass is 191 g/mol. The van der Waals surface area contributed by atoms with Crippen LogP contribution in [0, 0.1) is 13.8 Å². The number of hydrogen-bond donors (Lipinski definition) is 0. The molecule has 0 saturated carbocycles. The van der Waals surface area contributed by atoms with Crippen molar-refractivity contribution in [3.63, 3.8) is 0 Å². The van der Waals surface area contributed by atoms with Crippen LogP contribution in [-0.2, 0) is 0 Å². The summed E-state index contributed by atoms with van der Waals surface area (Å²) in [5.41, 5.74) is 3.15. The number of halogens is 1. The van der Waals surface area contributed by atoms with E-state index < -0.39 is 0 Å². The summed E-state index contributed by atoms with van der Waals surface area (Å²) in [5.74, 6) is 0. The fourth-order valence-corrected chi connectivity index (χ4v) is 1.74. The van der Waals surface area contributed by atoms with Gasteiger partial charge in [0.15, 0.2) is 0 Å². The molecule has 1 heterocycles. The number of rotatable bonds is 0. The van der Waals surface area contributed by atoms with Crippen molar-refractivity contribution in [2.75, 3.05) is 0 Å². The summed E-state index contributed by atoms with van der Waals surface area (Å²) in [6.45, 7) is 4.00. The zero-order valence-corrected chi connectivity index (χ0v) is 8.39.